The first kappa shape index (κ1) is 18.1. The van der Waals surface area contributed by atoms with Gasteiger partial charge >= 0.3 is 0 Å². The van der Waals surface area contributed by atoms with Crippen molar-refractivity contribution in [1.29, 1.82) is 0 Å². The predicted octanol–water partition coefficient (Wildman–Crippen LogP) is 3.75. The van der Waals surface area contributed by atoms with Crippen LogP contribution in [0.1, 0.15) is 30.7 Å². The highest BCUT2D eigenvalue weighted by Crippen LogP contribution is 2.31. The summed E-state index contributed by atoms with van der Waals surface area (Å²) in [6.45, 7) is 4.11. The molecule has 2 aromatic carbocycles. The Hall–Kier alpha value is -2.25. The quantitative estimate of drug-likeness (QED) is 0.666. The highest BCUT2D eigenvalue weighted by atomic mass is 32.2. The molecule has 1 aliphatic rings. The molecule has 3 aromatic rings. The molecular weight excluding hydrogens is 367 g/mol. The van der Waals surface area contributed by atoms with E-state index in [4.69, 9.17) is 4.42 Å². The minimum atomic E-state index is -3.26. The Morgan fingerprint density at radius 1 is 1.22 bits per heavy atom. The van der Waals surface area contributed by atoms with Crippen LogP contribution in [0.4, 0.5) is 4.39 Å². The molecule has 1 fully saturated rings. The number of hydrogen-bond donors (Lipinski definition) is 0. The van der Waals surface area contributed by atoms with Crippen LogP contribution in [0.5, 0.6) is 0 Å². The van der Waals surface area contributed by atoms with E-state index < -0.39 is 9.84 Å². The van der Waals surface area contributed by atoms with Gasteiger partial charge in [-0.05, 0) is 48.9 Å². The van der Waals surface area contributed by atoms with Gasteiger partial charge in [0.2, 0.25) is 0 Å². The molecule has 0 amide bonds. The van der Waals surface area contributed by atoms with Gasteiger partial charge in [0.1, 0.15) is 11.3 Å². The molecule has 1 atom stereocenters. The number of fused-ring (bicyclic) bond motifs is 1. The normalized spacial score (nSPS) is 18.4. The Kier molecular flexibility index (Phi) is 4.74. The minimum absolute atomic E-state index is 0.0597. The highest BCUT2D eigenvalue weighted by Gasteiger charge is 2.28. The second-order valence-corrected chi connectivity index (χ2v) is 9.21. The molecule has 1 saturated heterocycles. The third-order valence-corrected chi connectivity index (χ3v) is 6.79. The van der Waals surface area contributed by atoms with Gasteiger partial charge in [0.05, 0.1) is 10.6 Å². The molecule has 0 N–H and O–H groups in total. The molecule has 142 valence electrons. The number of rotatable bonds is 5. The SMILES string of the molecule is CCS(=O)(=O)c1ccc2oc([C@H]3CCN(Cc4ccc(F)cc4)C3)nc2c1. The van der Waals surface area contributed by atoms with E-state index >= 15 is 0 Å². The fourth-order valence-electron chi connectivity index (χ4n) is 3.49. The Bertz CT molecular complexity index is 1060. The van der Waals surface area contributed by atoms with Crippen LogP contribution in [0.2, 0.25) is 0 Å². The lowest BCUT2D eigenvalue weighted by Crippen LogP contribution is -2.19. The van der Waals surface area contributed by atoms with Crippen molar-refractivity contribution in [2.24, 2.45) is 0 Å². The van der Waals surface area contributed by atoms with Crippen LogP contribution in [0.25, 0.3) is 11.1 Å². The molecule has 0 saturated carbocycles. The second-order valence-electron chi connectivity index (χ2n) is 6.93. The van der Waals surface area contributed by atoms with E-state index in [2.05, 4.69) is 9.88 Å². The van der Waals surface area contributed by atoms with Crippen LogP contribution in [0.3, 0.4) is 0 Å². The molecule has 0 aliphatic carbocycles. The van der Waals surface area contributed by atoms with E-state index in [9.17, 15) is 12.8 Å². The van der Waals surface area contributed by atoms with Crippen LogP contribution in [-0.4, -0.2) is 37.1 Å². The van der Waals surface area contributed by atoms with Gasteiger partial charge in [0.15, 0.2) is 21.3 Å². The molecule has 5 nitrogen and oxygen atoms in total. The van der Waals surface area contributed by atoms with Crippen molar-refractivity contribution in [3.8, 4) is 0 Å². The van der Waals surface area contributed by atoms with Crippen molar-refractivity contribution in [3.63, 3.8) is 0 Å². The monoisotopic (exact) mass is 388 g/mol. The first-order valence-electron chi connectivity index (χ1n) is 9.04. The maximum absolute atomic E-state index is 13.0. The van der Waals surface area contributed by atoms with Crippen molar-refractivity contribution in [2.45, 2.75) is 30.7 Å². The molecule has 4 rings (SSSR count). The van der Waals surface area contributed by atoms with Crippen LogP contribution in [0.15, 0.2) is 51.8 Å². The standard InChI is InChI=1S/C20H21FN2O3S/c1-2-27(24,25)17-7-8-19-18(11-17)22-20(26-19)15-9-10-23(13-15)12-14-3-5-16(21)6-4-14/h3-8,11,15H,2,9-10,12-13H2,1H3/t15-/m0/s1. The zero-order valence-electron chi connectivity index (χ0n) is 15.1. The van der Waals surface area contributed by atoms with Gasteiger partial charge in [-0.1, -0.05) is 19.1 Å². The number of aromatic nitrogens is 1. The number of benzene rings is 2. The smallest absolute Gasteiger partial charge is 0.199 e. The average Bonchev–Trinajstić information content (AvgIpc) is 3.29. The Labute approximate surface area is 157 Å². The number of nitrogens with zero attached hydrogens (tertiary/aromatic N) is 2. The first-order valence-corrected chi connectivity index (χ1v) is 10.7. The van der Waals surface area contributed by atoms with E-state index in [1.54, 1.807) is 37.3 Å². The van der Waals surface area contributed by atoms with Crippen LogP contribution >= 0.6 is 0 Å². The summed E-state index contributed by atoms with van der Waals surface area (Å²) in [5.41, 5.74) is 2.26. The summed E-state index contributed by atoms with van der Waals surface area (Å²) in [5, 5.41) is 0. The number of sulfone groups is 1. The van der Waals surface area contributed by atoms with E-state index in [1.165, 1.54) is 12.1 Å². The lowest BCUT2D eigenvalue weighted by Gasteiger charge is -2.15. The summed E-state index contributed by atoms with van der Waals surface area (Å²) >= 11 is 0. The fourth-order valence-corrected chi connectivity index (χ4v) is 4.39. The lowest BCUT2D eigenvalue weighted by molar-refractivity contribution is 0.321. The molecule has 1 aromatic heterocycles. The Morgan fingerprint density at radius 2 is 2.00 bits per heavy atom. The number of halogens is 1. The van der Waals surface area contributed by atoms with Gasteiger partial charge in [-0.3, -0.25) is 4.90 Å². The molecule has 1 aliphatic heterocycles. The van der Waals surface area contributed by atoms with Crippen molar-refractivity contribution < 1.29 is 17.2 Å². The zero-order valence-corrected chi connectivity index (χ0v) is 15.9. The molecule has 2 heterocycles. The molecule has 0 unspecified atom stereocenters. The highest BCUT2D eigenvalue weighted by molar-refractivity contribution is 7.91. The van der Waals surface area contributed by atoms with E-state index in [-0.39, 0.29) is 22.4 Å². The predicted molar refractivity (Wildman–Crippen MR) is 101 cm³/mol. The van der Waals surface area contributed by atoms with E-state index in [0.29, 0.717) is 17.0 Å². The lowest BCUT2D eigenvalue weighted by atomic mass is 10.1. The summed E-state index contributed by atoms with van der Waals surface area (Å²) in [6, 6.07) is 11.4. The van der Waals surface area contributed by atoms with Crippen molar-refractivity contribution in [3.05, 3.63) is 59.7 Å². The molecule has 0 bridgehead atoms. The maximum Gasteiger partial charge on any atom is 0.199 e. The van der Waals surface area contributed by atoms with Gasteiger partial charge in [-0.25, -0.2) is 17.8 Å². The summed E-state index contributed by atoms with van der Waals surface area (Å²) in [6.07, 6.45) is 0.925. The van der Waals surface area contributed by atoms with Gasteiger partial charge in [0.25, 0.3) is 0 Å². The van der Waals surface area contributed by atoms with Gasteiger partial charge in [-0.2, -0.15) is 0 Å². The maximum atomic E-state index is 13.0. The van der Waals surface area contributed by atoms with Crippen LogP contribution < -0.4 is 0 Å². The van der Waals surface area contributed by atoms with Crippen LogP contribution in [0, 0.1) is 5.82 Å². The summed E-state index contributed by atoms with van der Waals surface area (Å²) in [7, 11) is -3.26. The van der Waals surface area contributed by atoms with Gasteiger partial charge in [-0.15, -0.1) is 0 Å². The van der Waals surface area contributed by atoms with Crippen LogP contribution in [-0.2, 0) is 16.4 Å². The molecule has 7 heteroatoms. The van der Waals surface area contributed by atoms with Gasteiger partial charge < -0.3 is 4.42 Å². The average molecular weight is 388 g/mol. The Morgan fingerprint density at radius 3 is 2.74 bits per heavy atom. The summed E-state index contributed by atoms with van der Waals surface area (Å²) in [4.78, 5) is 7.12. The Balaban J connectivity index is 1.50. The third-order valence-electron chi connectivity index (χ3n) is 5.06. The number of likely N-dealkylation sites (tertiary alicyclic amines) is 1. The molecular formula is C20H21FN2O3S. The van der Waals surface area contributed by atoms with Crippen molar-refractivity contribution in [1.82, 2.24) is 9.88 Å². The zero-order chi connectivity index (χ0) is 19.0. The largest absolute Gasteiger partial charge is 0.440 e. The summed E-state index contributed by atoms with van der Waals surface area (Å²) < 4.78 is 43.0. The fraction of sp³-hybridized carbons (Fsp3) is 0.350. The van der Waals surface area contributed by atoms with Crippen molar-refractivity contribution >= 4 is 20.9 Å². The minimum Gasteiger partial charge on any atom is -0.440 e. The molecule has 27 heavy (non-hydrogen) atoms. The van der Waals surface area contributed by atoms with E-state index in [1.807, 2.05) is 0 Å². The molecule has 0 radical (unpaired) electrons. The molecule has 0 spiro atoms. The number of oxazole rings is 1. The van der Waals surface area contributed by atoms with Crippen molar-refractivity contribution in [2.75, 3.05) is 18.8 Å². The first-order chi connectivity index (χ1) is 12.9. The third kappa shape index (κ3) is 3.75. The second kappa shape index (κ2) is 7.05. The van der Waals surface area contributed by atoms with Gasteiger partial charge in [0, 0.05) is 19.0 Å². The topological polar surface area (TPSA) is 63.4 Å². The summed E-state index contributed by atoms with van der Waals surface area (Å²) in [5.74, 6) is 0.653. The van der Waals surface area contributed by atoms with E-state index in [0.717, 1.165) is 31.6 Å². The number of hydrogen-bond acceptors (Lipinski definition) is 5.